The Kier molecular flexibility index (Phi) is 6.71. The Morgan fingerprint density at radius 1 is 1.43 bits per heavy atom. The van der Waals surface area contributed by atoms with Gasteiger partial charge in [-0.25, -0.2) is 4.39 Å². The highest BCUT2D eigenvalue weighted by Crippen LogP contribution is 2.29. The quantitative estimate of drug-likeness (QED) is 0.837. The van der Waals surface area contributed by atoms with E-state index in [4.69, 9.17) is 5.73 Å². The van der Waals surface area contributed by atoms with Crippen molar-refractivity contribution in [3.8, 4) is 0 Å². The number of rotatable bonds is 5. The van der Waals surface area contributed by atoms with E-state index >= 15 is 0 Å². The summed E-state index contributed by atoms with van der Waals surface area (Å²) in [4.78, 5) is 26.4. The van der Waals surface area contributed by atoms with E-state index in [1.54, 1.807) is 17.9 Å². The summed E-state index contributed by atoms with van der Waals surface area (Å²) in [7, 11) is 0. The molecule has 2 unspecified atom stereocenters. The lowest BCUT2D eigenvalue weighted by molar-refractivity contribution is -0.131. The summed E-state index contributed by atoms with van der Waals surface area (Å²) >= 11 is 0. The lowest BCUT2D eigenvalue weighted by Crippen LogP contribution is -2.35. The SMILES string of the molecule is CC(CC(=O)N1CCC(C)(CN)C1)C(=O)c1cccc(F)c1.Cl. The molecule has 2 atom stereocenters. The second-order valence-electron chi connectivity index (χ2n) is 6.56. The highest BCUT2D eigenvalue weighted by Gasteiger charge is 2.35. The van der Waals surface area contributed by atoms with Crippen molar-refractivity contribution >= 4 is 24.1 Å². The minimum atomic E-state index is -0.459. The van der Waals surface area contributed by atoms with Crippen molar-refractivity contribution in [3.63, 3.8) is 0 Å². The van der Waals surface area contributed by atoms with Gasteiger partial charge in [-0.2, -0.15) is 0 Å². The molecule has 2 rings (SSSR count). The number of halogens is 2. The van der Waals surface area contributed by atoms with Gasteiger partial charge in [0.15, 0.2) is 5.78 Å². The highest BCUT2D eigenvalue weighted by atomic mass is 35.5. The fraction of sp³-hybridized carbons (Fsp3) is 0.529. The fourth-order valence-electron chi connectivity index (χ4n) is 2.81. The van der Waals surface area contributed by atoms with Gasteiger partial charge in [0.1, 0.15) is 5.82 Å². The smallest absolute Gasteiger partial charge is 0.223 e. The molecule has 1 aliphatic rings. The van der Waals surface area contributed by atoms with E-state index in [-0.39, 0.29) is 35.9 Å². The summed E-state index contributed by atoms with van der Waals surface area (Å²) in [5.74, 6) is -1.13. The number of carbonyl (C=O) groups is 2. The van der Waals surface area contributed by atoms with Crippen molar-refractivity contribution in [2.45, 2.75) is 26.7 Å². The highest BCUT2D eigenvalue weighted by molar-refractivity contribution is 5.99. The number of nitrogens with two attached hydrogens (primary N) is 1. The maximum Gasteiger partial charge on any atom is 0.223 e. The number of carbonyl (C=O) groups excluding carboxylic acids is 2. The second-order valence-corrected chi connectivity index (χ2v) is 6.56. The van der Waals surface area contributed by atoms with Gasteiger partial charge in [-0.05, 0) is 30.5 Å². The van der Waals surface area contributed by atoms with Crippen LogP contribution in [-0.4, -0.2) is 36.2 Å². The number of amides is 1. The second kappa shape index (κ2) is 7.88. The van der Waals surface area contributed by atoms with Crippen LogP contribution in [0.4, 0.5) is 4.39 Å². The molecule has 2 N–H and O–H groups in total. The van der Waals surface area contributed by atoms with E-state index in [0.29, 0.717) is 25.2 Å². The normalized spacial score (nSPS) is 21.7. The third kappa shape index (κ3) is 4.75. The molecule has 1 aromatic rings. The summed E-state index contributed by atoms with van der Waals surface area (Å²) in [6, 6.07) is 5.59. The molecule has 0 radical (unpaired) electrons. The molecular weight excluding hydrogens is 319 g/mol. The van der Waals surface area contributed by atoms with E-state index in [0.717, 1.165) is 6.42 Å². The van der Waals surface area contributed by atoms with Crippen LogP contribution in [0.3, 0.4) is 0 Å². The summed E-state index contributed by atoms with van der Waals surface area (Å²) in [6.45, 7) is 5.66. The standard InChI is InChI=1S/C17H23FN2O2.ClH/c1-12(16(22)13-4-3-5-14(18)9-13)8-15(21)20-7-6-17(2,10-19)11-20;/h3-5,9,12H,6-8,10-11,19H2,1-2H3;1H. The summed E-state index contributed by atoms with van der Waals surface area (Å²) < 4.78 is 13.2. The Labute approximate surface area is 142 Å². The van der Waals surface area contributed by atoms with Crippen LogP contribution in [-0.2, 0) is 4.79 Å². The molecule has 1 fully saturated rings. The first-order valence-electron chi connectivity index (χ1n) is 7.62. The maximum absolute atomic E-state index is 13.2. The molecular formula is C17H24ClFN2O2. The molecule has 1 heterocycles. The molecule has 0 aromatic heterocycles. The molecule has 0 bridgehead atoms. The van der Waals surface area contributed by atoms with E-state index < -0.39 is 11.7 Å². The van der Waals surface area contributed by atoms with Crippen LogP contribution >= 0.6 is 12.4 Å². The zero-order valence-corrected chi connectivity index (χ0v) is 14.4. The Bertz CT molecular complexity index is 581. The first kappa shape index (κ1) is 19.6. The summed E-state index contributed by atoms with van der Waals surface area (Å²) in [5.41, 5.74) is 6.03. The van der Waals surface area contributed by atoms with Crippen LogP contribution < -0.4 is 5.73 Å². The zero-order valence-electron chi connectivity index (χ0n) is 13.5. The number of Topliss-reactive ketones (excluding diaryl/α,β-unsaturated/α-hetero) is 1. The molecule has 1 amide bonds. The van der Waals surface area contributed by atoms with Crippen molar-refractivity contribution < 1.29 is 14.0 Å². The van der Waals surface area contributed by atoms with Crippen LogP contribution in [0, 0.1) is 17.2 Å². The van der Waals surface area contributed by atoms with Crippen LogP contribution in [0.25, 0.3) is 0 Å². The third-order valence-corrected chi connectivity index (χ3v) is 4.44. The van der Waals surface area contributed by atoms with Crippen molar-refractivity contribution in [1.82, 2.24) is 4.90 Å². The van der Waals surface area contributed by atoms with Gasteiger partial charge in [-0.3, -0.25) is 9.59 Å². The third-order valence-electron chi connectivity index (χ3n) is 4.44. The Morgan fingerprint density at radius 2 is 2.13 bits per heavy atom. The van der Waals surface area contributed by atoms with Gasteiger partial charge < -0.3 is 10.6 Å². The van der Waals surface area contributed by atoms with Gasteiger partial charge >= 0.3 is 0 Å². The first-order valence-corrected chi connectivity index (χ1v) is 7.62. The number of hydrogen-bond acceptors (Lipinski definition) is 3. The monoisotopic (exact) mass is 342 g/mol. The van der Waals surface area contributed by atoms with Crippen LogP contribution in [0.15, 0.2) is 24.3 Å². The summed E-state index contributed by atoms with van der Waals surface area (Å²) in [6.07, 6.45) is 1.04. The lowest BCUT2D eigenvalue weighted by Gasteiger charge is -2.23. The van der Waals surface area contributed by atoms with Crippen LogP contribution in [0.1, 0.15) is 37.0 Å². The van der Waals surface area contributed by atoms with E-state index in [9.17, 15) is 14.0 Å². The van der Waals surface area contributed by atoms with Gasteiger partial charge in [0.25, 0.3) is 0 Å². The molecule has 0 spiro atoms. The van der Waals surface area contributed by atoms with Crippen molar-refractivity contribution in [2.24, 2.45) is 17.1 Å². The summed E-state index contributed by atoms with van der Waals surface area (Å²) in [5, 5.41) is 0. The van der Waals surface area contributed by atoms with Gasteiger partial charge in [-0.1, -0.05) is 26.0 Å². The molecule has 0 aliphatic carbocycles. The fourth-order valence-corrected chi connectivity index (χ4v) is 2.81. The number of likely N-dealkylation sites (tertiary alicyclic amines) is 1. The zero-order chi connectivity index (χ0) is 16.3. The number of benzene rings is 1. The predicted octanol–water partition coefficient (Wildman–Crippen LogP) is 2.65. The molecule has 0 saturated carbocycles. The van der Waals surface area contributed by atoms with Gasteiger partial charge in [0.05, 0.1) is 0 Å². The van der Waals surface area contributed by atoms with E-state index in [1.165, 1.54) is 18.2 Å². The minimum absolute atomic E-state index is 0. The largest absolute Gasteiger partial charge is 0.342 e. The molecule has 23 heavy (non-hydrogen) atoms. The van der Waals surface area contributed by atoms with Gasteiger partial charge in [-0.15, -0.1) is 12.4 Å². The first-order chi connectivity index (χ1) is 10.3. The number of ketones is 1. The Morgan fingerprint density at radius 3 is 2.70 bits per heavy atom. The molecule has 1 saturated heterocycles. The molecule has 6 heteroatoms. The van der Waals surface area contributed by atoms with Gasteiger partial charge in [0, 0.05) is 31.0 Å². The lowest BCUT2D eigenvalue weighted by atomic mass is 9.90. The van der Waals surface area contributed by atoms with Crippen molar-refractivity contribution in [3.05, 3.63) is 35.6 Å². The predicted molar refractivity (Wildman–Crippen MR) is 90.1 cm³/mol. The maximum atomic E-state index is 13.2. The average molecular weight is 343 g/mol. The topological polar surface area (TPSA) is 63.4 Å². The number of hydrogen-bond donors (Lipinski definition) is 1. The molecule has 1 aliphatic heterocycles. The molecule has 128 valence electrons. The van der Waals surface area contributed by atoms with Crippen molar-refractivity contribution in [1.29, 1.82) is 0 Å². The average Bonchev–Trinajstić information content (AvgIpc) is 2.90. The van der Waals surface area contributed by atoms with E-state index in [1.807, 2.05) is 0 Å². The minimum Gasteiger partial charge on any atom is -0.342 e. The van der Waals surface area contributed by atoms with Crippen LogP contribution in [0.2, 0.25) is 0 Å². The van der Waals surface area contributed by atoms with Crippen LogP contribution in [0.5, 0.6) is 0 Å². The molecule has 1 aromatic carbocycles. The Balaban J connectivity index is 0.00000264. The molecule has 4 nitrogen and oxygen atoms in total. The number of nitrogens with zero attached hydrogens (tertiary/aromatic N) is 1. The Hall–Kier alpha value is -1.46. The van der Waals surface area contributed by atoms with Gasteiger partial charge in [0.2, 0.25) is 5.91 Å². The van der Waals surface area contributed by atoms with E-state index in [2.05, 4.69) is 6.92 Å². The van der Waals surface area contributed by atoms with Crippen molar-refractivity contribution in [2.75, 3.05) is 19.6 Å².